The largest absolute Gasteiger partial charge is 0.355 e. The molecule has 0 spiro atoms. The van der Waals surface area contributed by atoms with Gasteiger partial charge in [0.15, 0.2) is 0 Å². The molecule has 1 aliphatic heterocycles. The molecule has 2 aromatic rings. The summed E-state index contributed by atoms with van der Waals surface area (Å²) in [4.78, 5) is 24.3. The van der Waals surface area contributed by atoms with Crippen molar-refractivity contribution in [3.63, 3.8) is 0 Å². The van der Waals surface area contributed by atoms with Crippen LogP contribution in [0.2, 0.25) is 5.02 Å². The topological polar surface area (TPSA) is 95.6 Å². The molecule has 7 nitrogen and oxygen atoms in total. The van der Waals surface area contributed by atoms with Gasteiger partial charge < -0.3 is 10.6 Å². The molecule has 2 amide bonds. The molecule has 10 heteroatoms. The molecule has 0 radical (unpaired) electrons. The Hall–Kier alpha value is -2.49. The third-order valence-corrected chi connectivity index (χ3v) is 7.45. The van der Waals surface area contributed by atoms with Crippen molar-refractivity contribution < 1.29 is 22.4 Å². The molecule has 0 saturated carbocycles. The molecule has 1 fully saturated rings. The average molecular weight is 468 g/mol. The fraction of sp³-hybridized carbons (Fsp3) is 0.333. The number of hydrogen-bond donors (Lipinski definition) is 2. The first-order valence-electron chi connectivity index (χ1n) is 9.86. The molecule has 166 valence electrons. The number of amides is 2. The van der Waals surface area contributed by atoms with Crippen LogP contribution in [0.5, 0.6) is 0 Å². The van der Waals surface area contributed by atoms with Crippen LogP contribution in [-0.4, -0.2) is 44.7 Å². The standard InChI is InChI=1S/C21H23ClFN3O4S/c1-24-21(28)16-13-15(7-9-18(16)23)25-20(27)14-6-8-17(22)19(12-14)31(29,30)26-10-4-2-3-5-11-26/h6-9,12-13H,2-5,10-11H2,1H3,(H,24,28)(H,25,27). The normalized spacial score (nSPS) is 15.2. The van der Waals surface area contributed by atoms with Gasteiger partial charge in [-0.2, -0.15) is 4.31 Å². The van der Waals surface area contributed by atoms with Gasteiger partial charge in [-0.15, -0.1) is 0 Å². The summed E-state index contributed by atoms with van der Waals surface area (Å²) in [6.07, 6.45) is 3.49. The van der Waals surface area contributed by atoms with Crippen molar-refractivity contribution in [3.05, 3.63) is 58.4 Å². The Bertz CT molecular complexity index is 1100. The van der Waals surface area contributed by atoms with E-state index in [0.717, 1.165) is 31.7 Å². The first-order chi connectivity index (χ1) is 14.7. The summed E-state index contributed by atoms with van der Waals surface area (Å²) >= 11 is 6.17. The maximum atomic E-state index is 13.8. The Kier molecular flexibility index (Phi) is 7.30. The highest BCUT2D eigenvalue weighted by Crippen LogP contribution is 2.28. The van der Waals surface area contributed by atoms with Gasteiger partial charge in [-0.3, -0.25) is 9.59 Å². The second kappa shape index (κ2) is 9.76. The molecule has 31 heavy (non-hydrogen) atoms. The Labute approximate surface area is 185 Å². The molecule has 2 N–H and O–H groups in total. The number of carbonyl (C=O) groups excluding carboxylic acids is 2. The van der Waals surface area contributed by atoms with Crippen molar-refractivity contribution in [2.75, 3.05) is 25.5 Å². The van der Waals surface area contributed by atoms with Crippen molar-refractivity contribution in [2.24, 2.45) is 0 Å². The number of nitrogens with one attached hydrogen (secondary N) is 2. The minimum absolute atomic E-state index is 0.0319. The van der Waals surface area contributed by atoms with Gasteiger partial charge in [-0.25, -0.2) is 12.8 Å². The van der Waals surface area contributed by atoms with Gasteiger partial charge >= 0.3 is 0 Å². The number of halogens is 2. The van der Waals surface area contributed by atoms with Crippen molar-refractivity contribution in [1.82, 2.24) is 9.62 Å². The molecule has 2 aromatic carbocycles. The van der Waals surface area contributed by atoms with E-state index in [9.17, 15) is 22.4 Å². The van der Waals surface area contributed by atoms with Gasteiger partial charge in [0.1, 0.15) is 10.7 Å². The molecule has 0 aromatic heterocycles. The zero-order valence-corrected chi connectivity index (χ0v) is 18.5. The van der Waals surface area contributed by atoms with Crippen LogP contribution in [0.15, 0.2) is 41.3 Å². The zero-order valence-electron chi connectivity index (χ0n) is 17.0. The van der Waals surface area contributed by atoms with Crippen LogP contribution in [0.3, 0.4) is 0 Å². The highest BCUT2D eigenvalue weighted by Gasteiger charge is 2.28. The second-order valence-corrected chi connectivity index (χ2v) is 9.50. The lowest BCUT2D eigenvalue weighted by molar-refractivity contribution is 0.0957. The minimum Gasteiger partial charge on any atom is -0.355 e. The Morgan fingerprint density at radius 1 is 1.00 bits per heavy atom. The van der Waals surface area contributed by atoms with Crippen LogP contribution in [0.4, 0.5) is 10.1 Å². The van der Waals surface area contributed by atoms with Gasteiger partial charge in [0.25, 0.3) is 11.8 Å². The second-order valence-electron chi connectivity index (χ2n) is 7.19. The first kappa shape index (κ1) is 23.2. The zero-order chi connectivity index (χ0) is 22.6. The van der Waals surface area contributed by atoms with E-state index in [4.69, 9.17) is 11.6 Å². The molecule has 1 aliphatic rings. The summed E-state index contributed by atoms with van der Waals surface area (Å²) < 4.78 is 41.5. The molecule has 1 saturated heterocycles. The molecular weight excluding hydrogens is 445 g/mol. The van der Waals surface area contributed by atoms with Crippen LogP contribution < -0.4 is 10.6 Å². The van der Waals surface area contributed by atoms with Crippen LogP contribution >= 0.6 is 11.6 Å². The lowest BCUT2D eigenvalue weighted by Gasteiger charge is -2.21. The summed E-state index contributed by atoms with van der Waals surface area (Å²) in [5.41, 5.74) is 0.0429. The van der Waals surface area contributed by atoms with Crippen molar-refractivity contribution in [3.8, 4) is 0 Å². The van der Waals surface area contributed by atoms with E-state index in [0.29, 0.717) is 13.1 Å². The predicted octanol–water partition coefficient (Wildman–Crippen LogP) is 3.66. The lowest BCUT2D eigenvalue weighted by Crippen LogP contribution is -2.32. The fourth-order valence-corrected chi connectivity index (χ4v) is 5.40. The van der Waals surface area contributed by atoms with Crippen LogP contribution in [-0.2, 0) is 10.0 Å². The fourth-order valence-electron chi connectivity index (χ4n) is 3.38. The highest BCUT2D eigenvalue weighted by molar-refractivity contribution is 7.89. The van der Waals surface area contributed by atoms with Gasteiger partial charge in [0.2, 0.25) is 10.0 Å². The number of nitrogens with zero attached hydrogens (tertiary/aromatic N) is 1. The van der Waals surface area contributed by atoms with Gasteiger partial charge in [0.05, 0.1) is 10.6 Å². The monoisotopic (exact) mass is 467 g/mol. The maximum Gasteiger partial charge on any atom is 0.255 e. The summed E-state index contributed by atoms with van der Waals surface area (Å²) in [6.45, 7) is 0.819. The van der Waals surface area contributed by atoms with Gasteiger partial charge in [-0.05, 0) is 49.2 Å². The third-order valence-electron chi connectivity index (χ3n) is 5.07. The average Bonchev–Trinajstić information content (AvgIpc) is 3.05. The number of sulfonamides is 1. The number of hydrogen-bond acceptors (Lipinski definition) is 4. The summed E-state index contributed by atoms with van der Waals surface area (Å²) in [5.74, 6) is -1.97. The molecule has 1 heterocycles. The van der Waals surface area contributed by atoms with E-state index in [1.807, 2.05) is 0 Å². The molecule has 0 aliphatic carbocycles. The van der Waals surface area contributed by atoms with E-state index < -0.39 is 27.7 Å². The Morgan fingerprint density at radius 3 is 2.32 bits per heavy atom. The maximum absolute atomic E-state index is 13.8. The Morgan fingerprint density at radius 2 is 1.68 bits per heavy atom. The summed E-state index contributed by atoms with van der Waals surface area (Å²) in [6, 6.07) is 7.59. The minimum atomic E-state index is -3.85. The van der Waals surface area contributed by atoms with E-state index in [1.54, 1.807) is 0 Å². The van der Waals surface area contributed by atoms with Crippen molar-refractivity contribution >= 4 is 39.1 Å². The SMILES string of the molecule is CNC(=O)c1cc(NC(=O)c2ccc(Cl)c(S(=O)(=O)N3CCCCCC3)c2)ccc1F. The van der Waals surface area contributed by atoms with E-state index >= 15 is 0 Å². The van der Waals surface area contributed by atoms with Crippen LogP contribution in [0, 0.1) is 5.82 Å². The molecular formula is C21H23ClFN3O4S. The molecule has 0 atom stereocenters. The first-order valence-corrected chi connectivity index (χ1v) is 11.7. The summed E-state index contributed by atoms with van der Waals surface area (Å²) in [5, 5.41) is 4.91. The molecule has 0 unspecified atom stereocenters. The van der Waals surface area contributed by atoms with Crippen molar-refractivity contribution in [1.29, 1.82) is 0 Å². The number of rotatable bonds is 5. The predicted molar refractivity (Wildman–Crippen MR) is 116 cm³/mol. The number of anilines is 1. The van der Waals surface area contributed by atoms with Crippen molar-refractivity contribution in [2.45, 2.75) is 30.6 Å². The highest BCUT2D eigenvalue weighted by atomic mass is 35.5. The quantitative estimate of drug-likeness (QED) is 0.701. The smallest absolute Gasteiger partial charge is 0.255 e. The molecule has 0 bridgehead atoms. The molecule has 3 rings (SSSR count). The Balaban J connectivity index is 1.87. The van der Waals surface area contributed by atoms with E-state index in [1.165, 1.54) is 41.7 Å². The van der Waals surface area contributed by atoms with Gasteiger partial charge in [0, 0.05) is 31.4 Å². The van der Waals surface area contributed by atoms with E-state index in [-0.39, 0.29) is 26.7 Å². The number of benzene rings is 2. The summed E-state index contributed by atoms with van der Waals surface area (Å²) in [7, 11) is -2.48. The lowest BCUT2D eigenvalue weighted by atomic mass is 10.1. The van der Waals surface area contributed by atoms with Crippen LogP contribution in [0.25, 0.3) is 0 Å². The third kappa shape index (κ3) is 5.23. The van der Waals surface area contributed by atoms with Gasteiger partial charge in [-0.1, -0.05) is 24.4 Å². The van der Waals surface area contributed by atoms with Crippen LogP contribution in [0.1, 0.15) is 46.4 Å². The number of carbonyl (C=O) groups is 2. The van der Waals surface area contributed by atoms with E-state index in [2.05, 4.69) is 10.6 Å².